The average Bonchev–Trinajstić information content (AvgIpc) is 2.44. The number of hydrogen-bond acceptors (Lipinski definition) is 3. The Bertz CT molecular complexity index is 794. The van der Waals surface area contributed by atoms with Gasteiger partial charge in [-0.25, -0.2) is 13.1 Å². The fourth-order valence-electron chi connectivity index (χ4n) is 2.07. The minimum Gasteiger partial charge on any atom is -0.322 e. The summed E-state index contributed by atoms with van der Waals surface area (Å²) in [7, 11) is -3.22. The van der Waals surface area contributed by atoms with Gasteiger partial charge in [0.1, 0.15) is 0 Å². The molecule has 2 aromatic rings. The number of nitrogens with one attached hydrogen (secondary N) is 2. The first-order valence-electron chi connectivity index (χ1n) is 7.01. The molecule has 2 N–H and O–H groups in total. The number of fused-ring (bicyclic) bond motifs is 1. The Morgan fingerprint density at radius 3 is 2.71 bits per heavy atom. The van der Waals surface area contributed by atoms with E-state index in [1.807, 2.05) is 25.1 Å². The fraction of sp³-hybridized carbons (Fsp3) is 0.400. The molecule has 1 aromatic carbocycles. The quantitative estimate of drug-likeness (QED) is 0.857. The molecule has 0 atom stereocenters. The Morgan fingerprint density at radius 2 is 2.00 bits per heavy atom. The van der Waals surface area contributed by atoms with Crippen molar-refractivity contribution in [2.45, 2.75) is 33.2 Å². The van der Waals surface area contributed by atoms with Crippen LogP contribution < -0.4 is 10.3 Å². The molecule has 0 fully saturated rings. The number of benzene rings is 1. The lowest BCUT2D eigenvalue weighted by molar-refractivity contribution is 0.578. The number of unbranched alkanes of at least 4 members (excludes halogenated alkanes) is 1. The third-order valence-electron chi connectivity index (χ3n) is 3.36. The van der Waals surface area contributed by atoms with E-state index >= 15 is 0 Å². The average molecular weight is 308 g/mol. The fourth-order valence-corrected chi connectivity index (χ4v) is 3.27. The van der Waals surface area contributed by atoms with E-state index in [4.69, 9.17) is 0 Å². The second kappa shape index (κ2) is 6.41. The third-order valence-corrected chi connectivity index (χ3v) is 4.77. The number of rotatable bonds is 6. The van der Waals surface area contributed by atoms with Crippen molar-refractivity contribution in [1.29, 1.82) is 0 Å². The molecule has 21 heavy (non-hydrogen) atoms. The zero-order chi connectivity index (χ0) is 15.5. The highest BCUT2D eigenvalue weighted by Crippen LogP contribution is 2.13. The van der Waals surface area contributed by atoms with Crippen LogP contribution in [0.1, 0.15) is 30.9 Å². The molecule has 2 rings (SSSR count). The van der Waals surface area contributed by atoms with Gasteiger partial charge in [-0.1, -0.05) is 19.4 Å². The normalized spacial score (nSPS) is 11.9. The second-order valence-electron chi connectivity index (χ2n) is 5.20. The van der Waals surface area contributed by atoms with Crippen molar-refractivity contribution >= 4 is 20.9 Å². The molecule has 6 heteroatoms. The van der Waals surface area contributed by atoms with Crippen LogP contribution in [0.4, 0.5) is 0 Å². The maximum absolute atomic E-state index is 11.8. The first-order valence-corrected chi connectivity index (χ1v) is 8.66. The van der Waals surface area contributed by atoms with E-state index < -0.39 is 10.0 Å². The molecule has 0 unspecified atom stereocenters. The summed E-state index contributed by atoms with van der Waals surface area (Å²) < 4.78 is 26.1. The highest BCUT2D eigenvalue weighted by molar-refractivity contribution is 7.89. The van der Waals surface area contributed by atoms with Crippen LogP contribution in [0.5, 0.6) is 0 Å². The van der Waals surface area contributed by atoms with Gasteiger partial charge >= 0.3 is 0 Å². The second-order valence-corrected chi connectivity index (χ2v) is 7.12. The maximum Gasteiger partial charge on any atom is 0.251 e. The summed E-state index contributed by atoms with van der Waals surface area (Å²) in [5.74, 6) is 0.156. The van der Waals surface area contributed by atoms with Crippen molar-refractivity contribution in [3.8, 4) is 0 Å². The summed E-state index contributed by atoms with van der Waals surface area (Å²) in [5, 5.41) is 0.900. The summed E-state index contributed by atoms with van der Waals surface area (Å²) in [4.78, 5) is 14.3. The minimum absolute atomic E-state index is 0.101. The highest BCUT2D eigenvalue weighted by Gasteiger charge is 2.09. The van der Waals surface area contributed by atoms with Crippen LogP contribution in [0.15, 0.2) is 29.1 Å². The number of aromatic amines is 1. The van der Waals surface area contributed by atoms with Gasteiger partial charge in [-0.2, -0.15) is 0 Å². The number of sulfonamides is 1. The number of pyridine rings is 1. The number of aromatic nitrogens is 1. The van der Waals surface area contributed by atoms with E-state index in [1.54, 1.807) is 13.0 Å². The van der Waals surface area contributed by atoms with Crippen LogP contribution in [-0.4, -0.2) is 19.2 Å². The van der Waals surface area contributed by atoms with Crippen molar-refractivity contribution in [3.05, 3.63) is 45.7 Å². The molecule has 1 heterocycles. The number of H-pyrrole nitrogens is 1. The first kappa shape index (κ1) is 15.7. The summed E-state index contributed by atoms with van der Waals surface area (Å²) in [6, 6.07) is 7.31. The zero-order valence-electron chi connectivity index (χ0n) is 12.3. The van der Waals surface area contributed by atoms with E-state index in [0.717, 1.165) is 22.9 Å². The molecular weight excluding hydrogens is 288 g/mol. The van der Waals surface area contributed by atoms with E-state index in [2.05, 4.69) is 9.71 Å². The molecule has 0 amide bonds. The van der Waals surface area contributed by atoms with Gasteiger partial charge in [0.25, 0.3) is 5.56 Å². The van der Waals surface area contributed by atoms with Crippen molar-refractivity contribution in [1.82, 2.24) is 9.71 Å². The van der Waals surface area contributed by atoms with Crippen molar-refractivity contribution in [3.63, 3.8) is 0 Å². The van der Waals surface area contributed by atoms with E-state index in [1.165, 1.54) is 0 Å². The van der Waals surface area contributed by atoms with Crippen LogP contribution in [0, 0.1) is 6.92 Å². The predicted molar refractivity (Wildman–Crippen MR) is 84.8 cm³/mol. The van der Waals surface area contributed by atoms with Crippen LogP contribution in [0.2, 0.25) is 0 Å². The van der Waals surface area contributed by atoms with Gasteiger partial charge in [0.15, 0.2) is 0 Å². The Balaban J connectivity index is 2.16. The minimum atomic E-state index is -3.22. The van der Waals surface area contributed by atoms with Gasteiger partial charge in [-0.05, 0) is 42.5 Å². The molecule has 114 valence electrons. The highest BCUT2D eigenvalue weighted by atomic mass is 32.2. The largest absolute Gasteiger partial charge is 0.322 e. The van der Waals surface area contributed by atoms with Crippen LogP contribution in [0.25, 0.3) is 10.9 Å². The molecule has 5 nitrogen and oxygen atoms in total. The van der Waals surface area contributed by atoms with Crippen LogP contribution >= 0.6 is 0 Å². The van der Waals surface area contributed by atoms with Gasteiger partial charge in [0, 0.05) is 17.6 Å². The zero-order valence-corrected chi connectivity index (χ0v) is 13.1. The van der Waals surface area contributed by atoms with E-state index in [9.17, 15) is 13.2 Å². The molecule has 1 aromatic heterocycles. The lowest BCUT2D eigenvalue weighted by Gasteiger charge is -2.07. The van der Waals surface area contributed by atoms with Crippen molar-refractivity contribution in [2.75, 3.05) is 5.75 Å². The Morgan fingerprint density at radius 1 is 1.24 bits per heavy atom. The molecule has 0 aliphatic heterocycles. The molecule has 0 radical (unpaired) electrons. The molecule has 0 bridgehead atoms. The van der Waals surface area contributed by atoms with Crippen LogP contribution in [0.3, 0.4) is 0 Å². The van der Waals surface area contributed by atoms with Gasteiger partial charge < -0.3 is 4.98 Å². The van der Waals surface area contributed by atoms with Gasteiger partial charge in [0.05, 0.1) is 5.75 Å². The van der Waals surface area contributed by atoms with Gasteiger partial charge in [-0.3, -0.25) is 4.79 Å². The third kappa shape index (κ3) is 4.15. The molecule has 0 aliphatic rings. The molecule has 0 spiro atoms. The lowest BCUT2D eigenvalue weighted by Crippen LogP contribution is -2.25. The van der Waals surface area contributed by atoms with Crippen LogP contribution in [-0.2, 0) is 16.6 Å². The monoisotopic (exact) mass is 308 g/mol. The Kier molecular flexibility index (Phi) is 4.80. The topological polar surface area (TPSA) is 79.0 Å². The summed E-state index contributed by atoms with van der Waals surface area (Å²) in [5.41, 5.74) is 2.16. The molecule has 0 saturated heterocycles. The standard InChI is InChI=1S/C15H20N2O3S/c1-3-4-7-21(19,20)16-10-12-5-6-14-13(9-12)8-11(2)15(18)17-14/h5-6,8-9,16H,3-4,7,10H2,1-2H3,(H,17,18). The smallest absolute Gasteiger partial charge is 0.251 e. The van der Waals surface area contributed by atoms with Crippen molar-refractivity contribution < 1.29 is 8.42 Å². The number of hydrogen-bond donors (Lipinski definition) is 2. The summed E-state index contributed by atoms with van der Waals surface area (Å²) in [6.07, 6.45) is 1.51. The van der Waals surface area contributed by atoms with Crippen molar-refractivity contribution in [2.24, 2.45) is 0 Å². The summed E-state index contributed by atoms with van der Waals surface area (Å²) in [6.45, 7) is 3.97. The SMILES string of the molecule is CCCCS(=O)(=O)NCc1ccc2[nH]c(=O)c(C)cc2c1. The van der Waals surface area contributed by atoms with E-state index in [-0.39, 0.29) is 17.9 Å². The molecule has 0 aliphatic carbocycles. The lowest BCUT2D eigenvalue weighted by atomic mass is 10.1. The van der Waals surface area contributed by atoms with Gasteiger partial charge in [0.2, 0.25) is 10.0 Å². The molecule has 0 saturated carbocycles. The van der Waals surface area contributed by atoms with Gasteiger partial charge in [-0.15, -0.1) is 0 Å². The summed E-state index contributed by atoms with van der Waals surface area (Å²) >= 11 is 0. The Labute approximate surface area is 124 Å². The Hall–Kier alpha value is -1.66. The number of aryl methyl sites for hydroxylation is 1. The van der Waals surface area contributed by atoms with E-state index in [0.29, 0.717) is 12.0 Å². The molecular formula is C15H20N2O3S. The predicted octanol–water partition coefficient (Wildman–Crippen LogP) is 2.06. The maximum atomic E-state index is 11.8. The first-order chi connectivity index (χ1) is 9.91.